The smallest absolute Gasteiger partial charge is 0.338 e. The third-order valence-corrected chi connectivity index (χ3v) is 4.62. The fourth-order valence-corrected chi connectivity index (χ4v) is 3.22. The van der Waals surface area contributed by atoms with Crippen LogP contribution in [0.3, 0.4) is 0 Å². The van der Waals surface area contributed by atoms with Gasteiger partial charge in [0.1, 0.15) is 17.4 Å². The number of carboxylic acid groups (broad SMARTS) is 1. The molecule has 0 radical (unpaired) electrons. The van der Waals surface area contributed by atoms with E-state index in [1.165, 1.54) is 13.2 Å². The first-order chi connectivity index (χ1) is 11.2. The van der Waals surface area contributed by atoms with Gasteiger partial charge < -0.3 is 9.84 Å². The van der Waals surface area contributed by atoms with E-state index in [-0.39, 0.29) is 21.7 Å². The number of methoxy groups -OCH3 is 1. The normalized spacial score (nSPS) is 11.2. The minimum absolute atomic E-state index is 0.00572. The summed E-state index contributed by atoms with van der Waals surface area (Å²) in [5.74, 6) is -4.02. The molecule has 0 heterocycles. The molecule has 0 saturated carbocycles. The Bertz CT molecular complexity index is 918. The van der Waals surface area contributed by atoms with Gasteiger partial charge in [-0.2, -0.15) is 0 Å². The molecule has 6 nitrogen and oxygen atoms in total. The van der Waals surface area contributed by atoms with Crippen LogP contribution >= 0.6 is 11.6 Å². The van der Waals surface area contributed by atoms with E-state index in [0.717, 1.165) is 12.1 Å². The molecule has 2 N–H and O–H groups in total. The fourth-order valence-electron chi connectivity index (χ4n) is 1.81. The number of rotatable bonds is 5. The molecule has 0 aliphatic rings. The molecule has 2 aromatic carbocycles. The fraction of sp³-hybridized carbons (Fsp3) is 0.0714. The van der Waals surface area contributed by atoms with E-state index in [9.17, 15) is 22.0 Å². The largest absolute Gasteiger partial charge is 0.495 e. The molecule has 0 amide bonds. The van der Waals surface area contributed by atoms with Gasteiger partial charge in [0, 0.05) is 6.07 Å². The van der Waals surface area contributed by atoms with E-state index in [2.05, 4.69) is 0 Å². The lowest BCUT2D eigenvalue weighted by Gasteiger charge is -2.11. The van der Waals surface area contributed by atoms with Crippen LogP contribution in [0.25, 0.3) is 0 Å². The quantitative estimate of drug-likeness (QED) is 0.835. The number of carboxylic acids is 1. The van der Waals surface area contributed by atoms with E-state index in [4.69, 9.17) is 21.4 Å². The molecule has 0 aliphatic heterocycles. The zero-order valence-electron chi connectivity index (χ0n) is 12.0. The summed E-state index contributed by atoms with van der Waals surface area (Å²) in [7, 11) is -2.94. The molecule has 0 spiro atoms. The molecular formula is C14H10ClF2NO5S. The van der Waals surface area contributed by atoms with Gasteiger partial charge in [0.25, 0.3) is 10.0 Å². The molecule has 0 fully saturated rings. The minimum Gasteiger partial charge on any atom is -0.495 e. The average Bonchev–Trinajstić information content (AvgIpc) is 2.49. The first-order valence-corrected chi connectivity index (χ1v) is 8.10. The van der Waals surface area contributed by atoms with Crippen molar-refractivity contribution in [2.75, 3.05) is 11.8 Å². The van der Waals surface area contributed by atoms with E-state index in [1.807, 2.05) is 4.72 Å². The first-order valence-electron chi connectivity index (χ1n) is 6.24. The van der Waals surface area contributed by atoms with Crippen LogP contribution in [0.5, 0.6) is 5.75 Å². The summed E-state index contributed by atoms with van der Waals surface area (Å²) in [5, 5.41) is 8.83. The monoisotopic (exact) mass is 377 g/mol. The van der Waals surface area contributed by atoms with Gasteiger partial charge in [-0.1, -0.05) is 11.6 Å². The van der Waals surface area contributed by atoms with Gasteiger partial charge in [-0.15, -0.1) is 0 Å². The standard InChI is InChI=1S/C14H10ClF2NO5S/c1-23-13-3-2-7(4-9(13)15)24(21,22)18-12-5-8(14(19)20)10(16)6-11(12)17/h2-6,18H,1H3,(H,19,20). The first kappa shape index (κ1) is 18.0. The number of carbonyl (C=O) groups is 1. The number of ether oxygens (including phenoxy) is 1. The van der Waals surface area contributed by atoms with Crippen molar-refractivity contribution >= 4 is 33.3 Å². The molecule has 2 rings (SSSR count). The summed E-state index contributed by atoms with van der Waals surface area (Å²) in [6, 6.07) is 4.35. The van der Waals surface area contributed by atoms with Gasteiger partial charge in [0.15, 0.2) is 0 Å². The summed E-state index contributed by atoms with van der Waals surface area (Å²) in [5.41, 5.74) is -1.58. The lowest BCUT2D eigenvalue weighted by atomic mass is 10.2. The maximum Gasteiger partial charge on any atom is 0.338 e. The molecule has 0 saturated heterocycles. The summed E-state index contributed by atoms with van der Waals surface area (Å²) < 4.78 is 58.3. The topological polar surface area (TPSA) is 92.7 Å². The SMILES string of the molecule is COc1ccc(S(=O)(=O)Nc2cc(C(=O)O)c(F)cc2F)cc1Cl. The summed E-state index contributed by atoms with van der Waals surface area (Å²) in [6.07, 6.45) is 0. The molecule has 0 unspecified atom stereocenters. The van der Waals surface area contributed by atoms with Gasteiger partial charge in [0.2, 0.25) is 0 Å². The van der Waals surface area contributed by atoms with Crippen molar-refractivity contribution in [1.82, 2.24) is 0 Å². The highest BCUT2D eigenvalue weighted by Gasteiger charge is 2.21. The second-order valence-corrected chi connectivity index (χ2v) is 6.61. The number of nitrogens with one attached hydrogen (secondary N) is 1. The number of anilines is 1. The summed E-state index contributed by atoms with van der Waals surface area (Å²) in [4.78, 5) is 10.6. The van der Waals surface area contributed by atoms with Crippen LogP contribution in [-0.4, -0.2) is 26.6 Å². The van der Waals surface area contributed by atoms with Gasteiger partial charge in [-0.05, 0) is 24.3 Å². The van der Waals surface area contributed by atoms with Crippen molar-refractivity contribution in [3.05, 3.63) is 52.6 Å². The highest BCUT2D eigenvalue weighted by molar-refractivity contribution is 7.92. The Labute approximate surface area is 140 Å². The van der Waals surface area contributed by atoms with Gasteiger partial charge in [-0.3, -0.25) is 4.72 Å². The molecule has 128 valence electrons. The van der Waals surface area contributed by atoms with Gasteiger partial charge in [-0.25, -0.2) is 22.0 Å². The second kappa shape index (κ2) is 6.62. The average molecular weight is 378 g/mol. The number of aromatic carboxylic acids is 1. The number of hydrogen-bond acceptors (Lipinski definition) is 4. The van der Waals surface area contributed by atoms with E-state index in [1.54, 1.807) is 0 Å². The number of halogens is 3. The maximum absolute atomic E-state index is 13.7. The highest BCUT2D eigenvalue weighted by Crippen LogP contribution is 2.29. The van der Waals surface area contributed by atoms with Crippen LogP contribution in [0.2, 0.25) is 5.02 Å². The van der Waals surface area contributed by atoms with Crippen LogP contribution in [-0.2, 0) is 10.0 Å². The lowest BCUT2D eigenvalue weighted by Crippen LogP contribution is -2.15. The number of sulfonamides is 1. The number of benzene rings is 2. The van der Waals surface area contributed by atoms with Crippen LogP contribution in [0.4, 0.5) is 14.5 Å². The molecule has 0 bridgehead atoms. The van der Waals surface area contributed by atoms with Crippen LogP contribution < -0.4 is 9.46 Å². The lowest BCUT2D eigenvalue weighted by molar-refractivity contribution is 0.0692. The second-order valence-electron chi connectivity index (χ2n) is 4.52. The van der Waals surface area contributed by atoms with E-state index >= 15 is 0 Å². The molecular weight excluding hydrogens is 368 g/mol. The Morgan fingerprint density at radius 2 is 1.88 bits per heavy atom. The maximum atomic E-state index is 13.7. The molecule has 0 aliphatic carbocycles. The predicted molar refractivity (Wildman–Crippen MR) is 82.1 cm³/mol. The highest BCUT2D eigenvalue weighted by atomic mass is 35.5. The van der Waals surface area contributed by atoms with Gasteiger partial charge >= 0.3 is 5.97 Å². The van der Waals surface area contributed by atoms with Crippen LogP contribution in [0.15, 0.2) is 35.2 Å². The molecule has 2 aromatic rings. The molecule has 24 heavy (non-hydrogen) atoms. The Hall–Kier alpha value is -2.39. The minimum atomic E-state index is -4.28. The Morgan fingerprint density at radius 3 is 2.42 bits per heavy atom. The molecule has 0 atom stereocenters. The third-order valence-electron chi connectivity index (χ3n) is 2.97. The Morgan fingerprint density at radius 1 is 1.21 bits per heavy atom. The van der Waals surface area contributed by atoms with Crippen molar-refractivity contribution in [1.29, 1.82) is 0 Å². The van der Waals surface area contributed by atoms with Crippen molar-refractivity contribution < 1.29 is 31.8 Å². The zero-order chi connectivity index (χ0) is 18.1. The molecule has 10 heteroatoms. The Balaban J connectivity index is 2.44. The zero-order valence-corrected chi connectivity index (χ0v) is 13.6. The molecule has 0 aromatic heterocycles. The number of hydrogen-bond donors (Lipinski definition) is 2. The van der Waals surface area contributed by atoms with Crippen LogP contribution in [0, 0.1) is 11.6 Å². The van der Waals surface area contributed by atoms with E-state index < -0.39 is 38.9 Å². The third kappa shape index (κ3) is 3.57. The Kier molecular flexibility index (Phi) is 4.95. The van der Waals surface area contributed by atoms with E-state index in [0.29, 0.717) is 6.07 Å². The van der Waals surface area contributed by atoms with Crippen molar-refractivity contribution in [3.8, 4) is 5.75 Å². The van der Waals surface area contributed by atoms with Crippen molar-refractivity contribution in [2.24, 2.45) is 0 Å². The summed E-state index contributed by atoms with van der Waals surface area (Å²) in [6.45, 7) is 0. The van der Waals surface area contributed by atoms with Gasteiger partial charge in [0.05, 0.1) is 28.3 Å². The van der Waals surface area contributed by atoms with Crippen molar-refractivity contribution in [2.45, 2.75) is 4.90 Å². The van der Waals surface area contributed by atoms with Crippen molar-refractivity contribution in [3.63, 3.8) is 0 Å². The summed E-state index contributed by atoms with van der Waals surface area (Å²) >= 11 is 5.84. The predicted octanol–water partition coefficient (Wildman–Crippen LogP) is 3.13. The van der Waals surface area contributed by atoms with Crippen LogP contribution in [0.1, 0.15) is 10.4 Å².